The second-order valence-corrected chi connectivity index (χ2v) is 5.41. The summed E-state index contributed by atoms with van der Waals surface area (Å²) in [4.78, 5) is 12.3. The summed E-state index contributed by atoms with van der Waals surface area (Å²) in [6.07, 6.45) is 4.67. The second kappa shape index (κ2) is 6.71. The number of rotatable bonds is 5. The number of methoxy groups -OCH3 is 1. The molecule has 0 spiro atoms. The van der Waals surface area contributed by atoms with Crippen LogP contribution in [0.1, 0.15) is 31.2 Å². The fourth-order valence-electron chi connectivity index (χ4n) is 2.90. The summed E-state index contributed by atoms with van der Waals surface area (Å²) in [6.45, 7) is 0.757. The van der Waals surface area contributed by atoms with E-state index >= 15 is 0 Å². The Labute approximate surface area is 115 Å². The third-order valence-electron chi connectivity index (χ3n) is 4.19. The number of ether oxygens (including phenoxy) is 1. The van der Waals surface area contributed by atoms with E-state index in [1.54, 1.807) is 7.11 Å². The maximum atomic E-state index is 12.3. The molecule has 0 atom stereocenters. The van der Waals surface area contributed by atoms with Crippen molar-refractivity contribution < 1.29 is 9.53 Å². The molecule has 0 radical (unpaired) electrons. The largest absolute Gasteiger partial charge is 0.496 e. The molecule has 1 fully saturated rings. The molecule has 0 unspecified atom stereocenters. The number of para-hydroxylation sites is 1. The summed E-state index contributed by atoms with van der Waals surface area (Å²) in [5.41, 5.74) is 6.68. The van der Waals surface area contributed by atoms with Crippen LogP contribution in [0.3, 0.4) is 0 Å². The molecule has 0 aliphatic heterocycles. The minimum absolute atomic E-state index is 0.215. The van der Waals surface area contributed by atoms with E-state index in [4.69, 9.17) is 10.5 Å². The normalized spacial score (nSPS) is 23.1. The van der Waals surface area contributed by atoms with E-state index in [1.165, 1.54) is 0 Å². The van der Waals surface area contributed by atoms with Crippen molar-refractivity contribution in [2.75, 3.05) is 13.7 Å². The molecular weight excluding hydrogens is 238 g/mol. The van der Waals surface area contributed by atoms with Crippen molar-refractivity contribution in [3.8, 4) is 5.75 Å². The fourth-order valence-corrected chi connectivity index (χ4v) is 2.90. The standard InChI is InChI=1S/C16H23NO2/c1-19-16-5-3-2-4-14(16)10-15(18)13-8-6-12(11-17)7-9-13/h2-5,12-13H,6-11,17H2,1H3. The van der Waals surface area contributed by atoms with Crippen LogP contribution in [-0.4, -0.2) is 19.4 Å². The van der Waals surface area contributed by atoms with Crippen molar-refractivity contribution in [1.29, 1.82) is 0 Å². The van der Waals surface area contributed by atoms with E-state index < -0.39 is 0 Å². The molecule has 1 aromatic rings. The van der Waals surface area contributed by atoms with Crippen molar-refractivity contribution in [3.05, 3.63) is 29.8 Å². The predicted octanol–water partition coefficient (Wildman–Crippen LogP) is 2.57. The molecule has 1 aromatic carbocycles. The van der Waals surface area contributed by atoms with Gasteiger partial charge in [0.2, 0.25) is 0 Å². The van der Waals surface area contributed by atoms with Gasteiger partial charge in [0.15, 0.2) is 0 Å². The molecule has 0 aromatic heterocycles. The second-order valence-electron chi connectivity index (χ2n) is 5.41. The molecule has 2 N–H and O–H groups in total. The number of ketones is 1. The maximum absolute atomic E-state index is 12.3. The van der Waals surface area contributed by atoms with Gasteiger partial charge >= 0.3 is 0 Å². The first kappa shape index (κ1) is 14.1. The highest BCUT2D eigenvalue weighted by atomic mass is 16.5. The lowest BCUT2D eigenvalue weighted by Gasteiger charge is -2.26. The highest BCUT2D eigenvalue weighted by Crippen LogP contribution is 2.30. The first-order valence-electron chi connectivity index (χ1n) is 7.09. The number of carbonyl (C=O) groups excluding carboxylic acids is 1. The molecule has 3 heteroatoms. The Morgan fingerprint density at radius 2 is 1.95 bits per heavy atom. The first-order valence-corrected chi connectivity index (χ1v) is 7.09. The molecule has 104 valence electrons. The highest BCUT2D eigenvalue weighted by Gasteiger charge is 2.25. The van der Waals surface area contributed by atoms with Gasteiger partial charge in [0.25, 0.3) is 0 Å². The summed E-state index contributed by atoms with van der Waals surface area (Å²) in [6, 6.07) is 7.77. The van der Waals surface area contributed by atoms with Crippen LogP contribution < -0.4 is 10.5 Å². The van der Waals surface area contributed by atoms with Gasteiger partial charge in [-0.2, -0.15) is 0 Å². The van der Waals surface area contributed by atoms with E-state index in [2.05, 4.69) is 0 Å². The van der Waals surface area contributed by atoms with Gasteiger partial charge in [-0.1, -0.05) is 18.2 Å². The maximum Gasteiger partial charge on any atom is 0.140 e. The van der Waals surface area contributed by atoms with Crippen LogP contribution in [0.5, 0.6) is 5.75 Å². The summed E-state index contributed by atoms with van der Waals surface area (Å²) in [7, 11) is 1.65. The van der Waals surface area contributed by atoms with Crippen molar-refractivity contribution in [2.24, 2.45) is 17.6 Å². The van der Waals surface area contributed by atoms with Gasteiger partial charge in [0, 0.05) is 17.9 Å². The average molecular weight is 261 g/mol. The number of Topliss-reactive ketones (excluding diaryl/α,β-unsaturated/α-hetero) is 1. The molecule has 2 rings (SSSR count). The summed E-state index contributed by atoms with van der Waals surface area (Å²) in [5, 5.41) is 0. The van der Waals surface area contributed by atoms with Gasteiger partial charge in [0.1, 0.15) is 11.5 Å². The predicted molar refractivity (Wildman–Crippen MR) is 76.2 cm³/mol. The van der Waals surface area contributed by atoms with Crippen molar-refractivity contribution in [1.82, 2.24) is 0 Å². The number of carbonyl (C=O) groups is 1. The highest BCUT2D eigenvalue weighted by molar-refractivity contribution is 5.83. The SMILES string of the molecule is COc1ccccc1CC(=O)C1CCC(CN)CC1. The molecule has 0 saturated heterocycles. The van der Waals surface area contributed by atoms with Crippen LogP contribution in [0.4, 0.5) is 0 Å². The molecule has 0 heterocycles. The Morgan fingerprint density at radius 1 is 1.26 bits per heavy atom. The number of hydrogen-bond donors (Lipinski definition) is 1. The third-order valence-corrected chi connectivity index (χ3v) is 4.19. The quantitative estimate of drug-likeness (QED) is 0.886. The monoisotopic (exact) mass is 261 g/mol. The molecule has 1 aliphatic rings. The van der Waals surface area contributed by atoms with Gasteiger partial charge in [-0.15, -0.1) is 0 Å². The molecule has 1 saturated carbocycles. The zero-order chi connectivity index (χ0) is 13.7. The van der Waals surface area contributed by atoms with Crippen molar-refractivity contribution in [3.63, 3.8) is 0 Å². The van der Waals surface area contributed by atoms with Gasteiger partial charge in [0.05, 0.1) is 7.11 Å². The van der Waals surface area contributed by atoms with E-state index in [0.29, 0.717) is 18.1 Å². The van der Waals surface area contributed by atoms with Gasteiger partial charge in [-0.25, -0.2) is 0 Å². The van der Waals surface area contributed by atoms with Crippen molar-refractivity contribution >= 4 is 5.78 Å². The number of benzene rings is 1. The molecule has 0 bridgehead atoms. The lowest BCUT2D eigenvalue weighted by molar-refractivity contribution is -0.123. The minimum atomic E-state index is 0.215. The summed E-state index contributed by atoms with van der Waals surface area (Å²) in [5.74, 6) is 1.99. The first-order chi connectivity index (χ1) is 9.24. The minimum Gasteiger partial charge on any atom is -0.496 e. The number of nitrogens with two attached hydrogens (primary N) is 1. The van der Waals surface area contributed by atoms with Crippen molar-refractivity contribution in [2.45, 2.75) is 32.1 Å². The Balaban J connectivity index is 1.94. The van der Waals surface area contributed by atoms with Gasteiger partial charge < -0.3 is 10.5 Å². The van der Waals surface area contributed by atoms with E-state index in [9.17, 15) is 4.79 Å². The zero-order valence-corrected chi connectivity index (χ0v) is 11.6. The van der Waals surface area contributed by atoms with E-state index in [1.807, 2.05) is 24.3 Å². The molecule has 3 nitrogen and oxygen atoms in total. The smallest absolute Gasteiger partial charge is 0.140 e. The Morgan fingerprint density at radius 3 is 2.58 bits per heavy atom. The van der Waals surface area contributed by atoms with Crippen LogP contribution in [0.15, 0.2) is 24.3 Å². The lowest BCUT2D eigenvalue weighted by Crippen LogP contribution is -2.26. The van der Waals surface area contributed by atoms with Crippen LogP contribution in [-0.2, 0) is 11.2 Å². The lowest BCUT2D eigenvalue weighted by atomic mass is 9.79. The Hall–Kier alpha value is -1.35. The zero-order valence-electron chi connectivity index (χ0n) is 11.6. The van der Waals surface area contributed by atoms with Gasteiger partial charge in [-0.05, 0) is 44.2 Å². The molecule has 0 amide bonds. The molecule has 19 heavy (non-hydrogen) atoms. The summed E-state index contributed by atoms with van der Waals surface area (Å²) < 4.78 is 5.30. The Kier molecular flexibility index (Phi) is 4.97. The van der Waals surface area contributed by atoms with Crippen LogP contribution in [0.25, 0.3) is 0 Å². The fraction of sp³-hybridized carbons (Fsp3) is 0.562. The van der Waals surface area contributed by atoms with Crippen LogP contribution in [0.2, 0.25) is 0 Å². The van der Waals surface area contributed by atoms with E-state index in [-0.39, 0.29) is 5.92 Å². The Bertz CT molecular complexity index is 423. The van der Waals surface area contributed by atoms with Crippen LogP contribution in [0, 0.1) is 11.8 Å². The molecular formula is C16H23NO2. The number of hydrogen-bond acceptors (Lipinski definition) is 3. The summed E-state index contributed by atoms with van der Waals surface area (Å²) >= 11 is 0. The third kappa shape index (κ3) is 3.57. The average Bonchev–Trinajstić information content (AvgIpc) is 2.48. The topological polar surface area (TPSA) is 52.3 Å². The molecule has 1 aliphatic carbocycles. The van der Waals surface area contributed by atoms with Gasteiger partial charge in [-0.3, -0.25) is 4.79 Å². The van der Waals surface area contributed by atoms with Crippen LogP contribution >= 0.6 is 0 Å². The van der Waals surface area contributed by atoms with E-state index in [0.717, 1.165) is 43.5 Å².